The number of carbonyl (C=O) groups excluding carboxylic acids is 1. The summed E-state index contributed by atoms with van der Waals surface area (Å²) in [5.74, 6) is 1.12. The molecule has 4 aromatic rings. The highest BCUT2D eigenvalue weighted by atomic mass is 16.5. The molecule has 5 heteroatoms. The van der Waals surface area contributed by atoms with E-state index in [1.807, 2.05) is 18.2 Å². The summed E-state index contributed by atoms with van der Waals surface area (Å²) in [6.07, 6.45) is 2.68. The maximum Gasteiger partial charge on any atom is 0.271 e. The van der Waals surface area contributed by atoms with E-state index >= 15 is 0 Å². The molecule has 1 N–H and O–H groups in total. The number of carbonyl (C=O) groups is 1. The number of nitrogens with one attached hydrogen (secondary N) is 1. The van der Waals surface area contributed by atoms with Gasteiger partial charge in [-0.25, -0.2) is 5.43 Å². The average Bonchev–Trinajstić information content (AvgIpc) is 3.12. The second kappa shape index (κ2) is 9.69. The minimum atomic E-state index is -0.251. The van der Waals surface area contributed by atoms with Gasteiger partial charge in [-0.2, -0.15) is 5.10 Å². The minimum absolute atomic E-state index is 0.251. The SMILES string of the molecule is CCn1c2ccccc2c2cc(/C=N/NC(=O)c3ccc(OCCC(C)C)cc3)ccc21. The molecular weight excluding hydrogens is 398 g/mol. The van der Waals surface area contributed by atoms with Gasteiger partial charge in [-0.15, -0.1) is 0 Å². The number of hydrogen-bond donors (Lipinski definition) is 1. The van der Waals surface area contributed by atoms with Gasteiger partial charge >= 0.3 is 0 Å². The third kappa shape index (κ3) is 4.67. The topological polar surface area (TPSA) is 55.6 Å². The maximum absolute atomic E-state index is 12.4. The number of aromatic nitrogens is 1. The molecule has 4 rings (SSSR count). The Bertz CT molecular complexity index is 1250. The van der Waals surface area contributed by atoms with Gasteiger partial charge in [0.2, 0.25) is 0 Å². The first-order valence-electron chi connectivity index (χ1n) is 11.1. The van der Waals surface area contributed by atoms with E-state index in [0.29, 0.717) is 18.1 Å². The van der Waals surface area contributed by atoms with Gasteiger partial charge in [0, 0.05) is 33.9 Å². The van der Waals surface area contributed by atoms with Gasteiger partial charge in [0.05, 0.1) is 12.8 Å². The summed E-state index contributed by atoms with van der Waals surface area (Å²) < 4.78 is 8.01. The Morgan fingerprint density at radius 2 is 1.78 bits per heavy atom. The van der Waals surface area contributed by atoms with Crippen LogP contribution in [-0.4, -0.2) is 23.3 Å². The summed E-state index contributed by atoms with van der Waals surface area (Å²) in [6, 6.07) is 21.8. The molecule has 1 aromatic heterocycles. The van der Waals surface area contributed by atoms with Crippen LogP contribution < -0.4 is 10.2 Å². The van der Waals surface area contributed by atoms with Crippen LogP contribution in [0.15, 0.2) is 71.8 Å². The first kappa shape index (κ1) is 21.6. The van der Waals surface area contributed by atoms with Crippen LogP contribution in [-0.2, 0) is 6.54 Å². The number of amides is 1. The van der Waals surface area contributed by atoms with Gasteiger partial charge in [-0.05, 0) is 67.3 Å². The van der Waals surface area contributed by atoms with Crippen LogP contribution in [0.2, 0.25) is 0 Å². The van der Waals surface area contributed by atoms with Crippen molar-refractivity contribution in [2.45, 2.75) is 33.7 Å². The van der Waals surface area contributed by atoms with E-state index < -0.39 is 0 Å². The molecule has 0 saturated carbocycles. The van der Waals surface area contributed by atoms with Gasteiger partial charge in [0.1, 0.15) is 5.75 Å². The number of ether oxygens (including phenoxy) is 1. The fraction of sp³-hybridized carbons (Fsp3) is 0.259. The monoisotopic (exact) mass is 427 g/mol. The summed E-state index contributed by atoms with van der Waals surface area (Å²) in [5, 5.41) is 6.57. The molecule has 0 atom stereocenters. The molecule has 164 valence electrons. The van der Waals surface area contributed by atoms with E-state index in [4.69, 9.17) is 4.74 Å². The zero-order chi connectivity index (χ0) is 22.5. The number of aryl methyl sites for hydroxylation is 1. The van der Waals surface area contributed by atoms with Crippen LogP contribution >= 0.6 is 0 Å². The summed E-state index contributed by atoms with van der Waals surface area (Å²) in [6.45, 7) is 8.07. The third-order valence-electron chi connectivity index (χ3n) is 5.57. The average molecular weight is 428 g/mol. The fourth-order valence-corrected chi connectivity index (χ4v) is 3.84. The standard InChI is InChI=1S/C27H29N3O2/c1-4-30-25-8-6-5-7-23(25)24-17-20(9-14-26(24)30)18-28-29-27(31)21-10-12-22(13-11-21)32-16-15-19(2)3/h5-14,17-19H,4,15-16H2,1-3H3,(H,29,31)/b28-18+. The largest absolute Gasteiger partial charge is 0.494 e. The number of nitrogens with zero attached hydrogens (tertiary/aromatic N) is 2. The highest BCUT2D eigenvalue weighted by Gasteiger charge is 2.09. The van der Waals surface area contributed by atoms with E-state index in [2.05, 4.69) is 72.3 Å². The normalized spacial score (nSPS) is 11.6. The lowest BCUT2D eigenvalue weighted by atomic mass is 10.1. The second-order valence-electron chi connectivity index (χ2n) is 8.29. The van der Waals surface area contributed by atoms with Crippen molar-refractivity contribution in [2.24, 2.45) is 11.0 Å². The molecule has 32 heavy (non-hydrogen) atoms. The highest BCUT2D eigenvalue weighted by Crippen LogP contribution is 2.29. The molecule has 1 heterocycles. The van der Waals surface area contributed by atoms with Crippen LogP contribution in [0, 0.1) is 5.92 Å². The van der Waals surface area contributed by atoms with Crippen molar-refractivity contribution in [3.05, 3.63) is 77.9 Å². The number of benzene rings is 3. The van der Waals surface area contributed by atoms with Crippen molar-refractivity contribution >= 4 is 33.9 Å². The lowest BCUT2D eigenvalue weighted by Crippen LogP contribution is -2.17. The number of fused-ring (bicyclic) bond motifs is 3. The zero-order valence-corrected chi connectivity index (χ0v) is 18.8. The Hall–Kier alpha value is -3.60. The van der Waals surface area contributed by atoms with Gasteiger partial charge < -0.3 is 9.30 Å². The summed E-state index contributed by atoms with van der Waals surface area (Å²) in [4.78, 5) is 12.4. The molecule has 3 aromatic carbocycles. The van der Waals surface area contributed by atoms with Crippen molar-refractivity contribution in [1.82, 2.24) is 9.99 Å². The van der Waals surface area contributed by atoms with Gasteiger partial charge in [-0.3, -0.25) is 4.79 Å². The van der Waals surface area contributed by atoms with Gasteiger partial charge in [0.15, 0.2) is 0 Å². The number of para-hydroxylation sites is 1. The lowest BCUT2D eigenvalue weighted by molar-refractivity contribution is 0.0955. The number of rotatable bonds is 8. The Morgan fingerprint density at radius 3 is 2.53 bits per heavy atom. The molecule has 0 fully saturated rings. The van der Waals surface area contributed by atoms with Crippen molar-refractivity contribution < 1.29 is 9.53 Å². The fourth-order valence-electron chi connectivity index (χ4n) is 3.84. The molecule has 0 spiro atoms. The molecule has 0 bridgehead atoms. The third-order valence-corrected chi connectivity index (χ3v) is 5.57. The second-order valence-corrected chi connectivity index (χ2v) is 8.29. The highest BCUT2D eigenvalue weighted by molar-refractivity contribution is 6.09. The van der Waals surface area contributed by atoms with Crippen molar-refractivity contribution in [3.63, 3.8) is 0 Å². The molecule has 1 amide bonds. The first-order valence-corrected chi connectivity index (χ1v) is 11.1. The summed E-state index contributed by atoms with van der Waals surface area (Å²) in [7, 11) is 0. The van der Waals surface area contributed by atoms with Crippen molar-refractivity contribution in [1.29, 1.82) is 0 Å². The summed E-state index contributed by atoms with van der Waals surface area (Å²) in [5.41, 5.74) is 6.51. The lowest BCUT2D eigenvalue weighted by Gasteiger charge is -2.08. The number of hydrogen-bond acceptors (Lipinski definition) is 3. The van der Waals surface area contributed by atoms with Crippen LogP contribution in [0.25, 0.3) is 21.8 Å². The Morgan fingerprint density at radius 1 is 1.03 bits per heavy atom. The zero-order valence-electron chi connectivity index (χ0n) is 18.8. The van der Waals surface area contributed by atoms with Crippen molar-refractivity contribution in [3.8, 4) is 5.75 Å². The molecule has 0 aliphatic heterocycles. The Kier molecular flexibility index (Phi) is 6.55. The minimum Gasteiger partial charge on any atom is -0.494 e. The summed E-state index contributed by atoms with van der Waals surface area (Å²) >= 11 is 0. The molecular formula is C27H29N3O2. The van der Waals surface area contributed by atoms with E-state index in [0.717, 1.165) is 24.3 Å². The van der Waals surface area contributed by atoms with Crippen molar-refractivity contribution in [2.75, 3.05) is 6.61 Å². The molecule has 0 unspecified atom stereocenters. The van der Waals surface area contributed by atoms with Crippen LogP contribution in [0.1, 0.15) is 43.1 Å². The Labute approximate surface area is 188 Å². The van der Waals surface area contributed by atoms with Crippen LogP contribution in [0.3, 0.4) is 0 Å². The molecule has 0 aliphatic carbocycles. The molecule has 0 aliphatic rings. The van der Waals surface area contributed by atoms with Gasteiger partial charge in [-0.1, -0.05) is 38.1 Å². The predicted octanol–water partition coefficient (Wildman–Crippen LogP) is 6.00. The van der Waals surface area contributed by atoms with E-state index in [9.17, 15) is 4.79 Å². The van der Waals surface area contributed by atoms with Crippen LogP contribution in [0.4, 0.5) is 0 Å². The van der Waals surface area contributed by atoms with E-state index in [1.54, 1.807) is 18.3 Å². The Balaban J connectivity index is 1.43. The van der Waals surface area contributed by atoms with Gasteiger partial charge in [0.25, 0.3) is 5.91 Å². The quantitative estimate of drug-likeness (QED) is 0.277. The molecule has 0 radical (unpaired) electrons. The maximum atomic E-state index is 12.4. The van der Waals surface area contributed by atoms with E-state index in [1.165, 1.54) is 21.8 Å². The van der Waals surface area contributed by atoms with Crippen LogP contribution in [0.5, 0.6) is 5.75 Å². The molecule has 0 saturated heterocycles. The molecule has 5 nitrogen and oxygen atoms in total. The first-order chi connectivity index (χ1) is 15.6. The predicted molar refractivity (Wildman–Crippen MR) is 132 cm³/mol. The number of hydrazone groups is 1. The van der Waals surface area contributed by atoms with E-state index in [-0.39, 0.29) is 5.91 Å². The smallest absolute Gasteiger partial charge is 0.271 e.